The molecule has 80 valence electrons. The quantitative estimate of drug-likeness (QED) is 0.623. The second-order valence-corrected chi connectivity index (χ2v) is 5.53. The number of hydrogen-bond donors (Lipinski definition) is 0. The first-order valence-corrected chi connectivity index (χ1v) is 5.86. The van der Waals surface area contributed by atoms with Gasteiger partial charge in [0.15, 0.2) is 0 Å². The van der Waals surface area contributed by atoms with E-state index >= 15 is 0 Å². The van der Waals surface area contributed by atoms with Crippen LogP contribution in [0.25, 0.3) is 6.08 Å². The Balaban J connectivity index is 2.17. The zero-order valence-electron chi connectivity index (χ0n) is 10.0. The lowest BCUT2D eigenvalue weighted by Crippen LogP contribution is -2.10. The average molecular weight is 200 g/mol. The summed E-state index contributed by atoms with van der Waals surface area (Å²) in [5.41, 5.74) is 4.65. The molecule has 1 aliphatic carbocycles. The first-order chi connectivity index (χ1) is 7.05. The Morgan fingerprint density at radius 1 is 1.00 bits per heavy atom. The van der Waals surface area contributed by atoms with Crippen LogP contribution in [0, 0.1) is 0 Å². The highest BCUT2D eigenvalue weighted by atomic mass is 14.2. The fraction of sp³-hybridized carbons (Fsp3) is 0.467. The molecule has 1 saturated carbocycles. The van der Waals surface area contributed by atoms with Crippen molar-refractivity contribution in [1.29, 1.82) is 0 Å². The SMILES string of the molecule is CC(C)(C)c1ccc(C=C2CCC2)cc1. The van der Waals surface area contributed by atoms with E-state index in [1.54, 1.807) is 5.57 Å². The highest BCUT2D eigenvalue weighted by Gasteiger charge is 2.13. The summed E-state index contributed by atoms with van der Waals surface area (Å²) in [4.78, 5) is 0. The summed E-state index contributed by atoms with van der Waals surface area (Å²) >= 11 is 0. The van der Waals surface area contributed by atoms with Gasteiger partial charge >= 0.3 is 0 Å². The number of hydrogen-bond acceptors (Lipinski definition) is 0. The maximum Gasteiger partial charge on any atom is -0.0132 e. The lowest BCUT2D eigenvalue weighted by atomic mass is 9.86. The van der Waals surface area contributed by atoms with Crippen molar-refractivity contribution in [3.05, 3.63) is 41.0 Å². The van der Waals surface area contributed by atoms with Crippen molar-refractivity contribution in [3.63, 3.8) is 0 Å². The molecule has 0 heteroatoms. The van der Waals surface area contributed by atoms with Gasteiger partial charge in [-0.1, -0.05) is 56.7 Å². The Bertz CT molecular complexity index is 354. The van der Waals surface area contributed by atoms with E-state index in [1.165, 1.54) is 30.4 Å². The van der Waals surface area contributed by atoms with Gasteiger partial charge in [0.25, 0.3) is 0 Å². The lowest BCUT2D eigenvalue weighted by molar-refractivity contribution is 0.590. The molecule has 0 aliphatic heterocycles. The number of allylic oxidation sites excluding steroid dienone is 1. The third-order valence-corrected chi connectivity index (χ3v) is 3.14. The van der Waals surface area contributed by atoms with Gasteiger partial charge in [-0.25, -0.2) is 0 Å². The van der Waals surface area contributed by atoms with Crippen LogP contribution >= 0.6 is 0 Å². The van der Waals surface area contributed by atoms with Crippen LogP contribution < -0.4 is 0 Å². The molecule has 1 fully saturated rings. The normalized spacial score (nSPS) is 16.1. The van der Waals surface area contributed by atoms with Gasteiger partial charge in [-0.2, -0.15) is 0 Å². The predicted octanol–water partition coefficient (Wildman–Crippen LogP) is 4.55. The number of rotatable bonds is 1. The summed E-state index contributed by atoms with van der Waals surface area (Å²) in [6.07, 6.45) is 6.34. The fourth-order valence-corrected chi connectivity index (χ4v) is 1.84. The molecule has 0 heterocycles. The van der Waals surface area contributed by atoms with E-state index in [4.69, 9.17) is 0 Å². The van der Waals surface area contributed by atoms with Crippen LogP contribution in [0.4, 0.5) is 0 Å². The van der Waals surface area contributed by atoms with Gasteiger partial charge in [0.1, 0.15) is 0 Å². The maximum atomic E-state index is 2.34. The minimum Gasteiger partial charge on any atom is -0.0696 e. The molecular weight excluding hydrogens is 180 g/mol. The Morgan fingerprint density at radius 2 is 1.60 bits per heavy atom. The van der Waals surface area contributed by atoms with Crippen LogP contribution in [0.3, 0.4) is 0 Å². The topological polar surface area (TPSA) is 0 Å². The molecule has 0 amide bonds. The van der Waals surface area contributed by atoms with Crippen LogP contribution in [-0.2, 0) is 5.41 Å². The molecule has 0 nitrogen and oxygen atoms in total. The number of benzene rings is 1. The fourth-order valence-electron chi connectivity index (χ4n) is 1.84. The van der Waals surface area contributed by atoms with E-state index in [2.05, 4.69) is 51.1 Å². The van der Waals surface area contributed by atoms with Crippen LogP contribution in [0.2, 0.25) is 0 Å². The second kappa shape index (κ2) is 3.84. The first kappa shape index (κ1) is 10.5. The van der Waals surface area contributed by atoms with Crippen LogP contribution in [0.5, 0.6) is 0 Å². The van der Waals surface area contributed by atoms with Crippen molar-refractivity contribution in [2.45, 2.75) is 45.4 Å². The molecule has 0 atom stereocenters. The zero-order chi connectivity index (χ0) is 10.9. The molecule has 0 bridgehead atoms. The Hall–Kier alpha value is -1.04. The minimum atomic E-state index is 0.266. The molecule has 1 aliphatic rings. The highest BCUT2D eigenvalue weighted by molar-refractivity contribution is 5.54. The molecule has 0 radical (unpaired) electrons. The van der Waals surface area contributed by atoms with E-state index in [0.717, 1.165) is 0 Å². The van der Waals surface area contributed by atoms with Gasteiger partial charge in [0.05, 0.1) is 0 Å². The second-order valence-electron chi connectivity index (χ2n) is 5.53. The predicted molar refractivity (Wildman–Crippen MR) is 67.0 cm³/mol. The van der Waals surface area contributed by atoms with Gasteiger partial charge in [-0.05, 0) is 35.8 Å². The molecule has 0 unspecified atom stereocenters. The van der Waals surface area contributed by atoms with E-state index in [9.17, 15) is 0 Å². The molecule has 0 N–H and O–H groups in total. The van der Waals surface area contributed by atoms with E-state index in [-0.39, 0.29) is 5.41 Å². The van der Waals surface area contributed by atoms with Gasteiger partial charge in [0.2, 0.25) is 0 Å². The maximum absolute atomic E-state index is 2.34. The van der Waals surface area contributed by atoms with Gasteiger partial charge in [-0.15, -0.1) is 0 Å². The molecule has 0 spiro atoms. The Morgan fingerprint density at radius 3 is 2.00 bits per heavy atom. The van der Waals surface area contributed by atoms with Crippen molar-refractivity contribution >= 4 is 6.08 Å². The average Bonchev–Trinajstić information content (AvgIpc) is 2.11. The first-order valence-electron chi connectivity index (χ1n) is 5.86. The lowest BCUT2D eigenvalue weighted by Gasteiger charge is -2.19. The summed E-state index contributed by atoms with van der Waals surface area (Å²) in [5, 5.41) is 0. The standard InChI is InChI=1S/C15H20/c1-15(2,3)14-9-7-13(8-10-14)11-12-5-4-6-12/h7-11H,4-6H2,1-3H3. The van der Waals surface area contributed by atoms with Gasteiger partial charge in [-0.3, -0.25) is 0 Å². The van der Waals surface area contributed by atoms with Gasteiger partial charge in [0, 0.05) is 0 Å². The minimum absolute atomic E-state index is 0.266. The summed E-state index contributed by atoms with van der Waals surface area (Å²) < 4.78 is 0. The molecular formula is C15H20. The summed E-state index contributed by atoms with van der Waals surface area (Å²) in [7, 11) is 0. The third-order valence-electron chi connectivity index (χ3n) is 3.14. The van der Waals surface area contributed by atoms with E-state index in [1.807, 2.05) is 0 Å². The molecule has 15 heavy (non-hydrogen) atoms. The summed E-state index contributed by atoms with van der Waals surface area (Å²) in [5.74, 6) is 0. The third kappa shape index (κ3) is 2.50. The van der Waals surface area contributed by atoms with E-state index in [0.29, 0.717) is 0 Å². The molecule has 0 aromatic heterocycles. The molecule has 0 saturated heterocycles. The zero-order valence-corrected chi connectivity index (χ0v) is 10.0. The molecule has 2 rings (SSSR count). The van der Waals surface area contributed by atoms with Crippen molar-refractivity contribution in [2.24, 2.45) is 0 Å². The van der Waals surface area contributed by atoms with Crippen LogP contribution in [-0.4, -0.2) is 0 Å². The molecule has 1 aromatic carbocycles. The summed E-state index contributed by atoms with van der Waals surface area (Å²) in [6, 6.07) is 8.99. The molecule has 1 aromatic rings. The van der Waals surface area contributed by atoms with Crippen molar-refractivity contribution in [2.75, 3.05) is 0 Å². The van der Waals surface area contributed by atoms with Crippen LogP contribution in [0.1, 0.15) is 51.2 Å². The van der Waals surface area contributed by atoms with Crippen molar-refractivity contribution < 1.29 is 0 Å². The van der Waals surface area contributed by atoms with Crippen molar-refractivity contribution in [1.82, 2.24) is 0 Å². The smallest absolute Gasteiger partial charge is 0.0132 e. The van der Waals surface area contributed by atoms with Crippen molar-refractivity contribution in [3.8, 4) is 0 Å². The Labute approximate surface area is 93.0 Å². The highest BCUT2D eigenvalue weighted by Crippen LogP contribution is 2.28. The Kier molecular flexibility index (Phi) is 2.68. The van der Waals surface area contributed by atoms with Crippen LogP contribution in [0.15, 0.2) is 29.8 Å². The van der Waals surface area contributed by atoms with E-state index < -0.39 is 0 Å². The van der Waals surface area contributed by atoms with Gasteiger partial charge < -0.3 is 0 Å². The largest absolute Gasteiger partial charge is 0.0696 e. The monoisotopic (exact) mass is 200 g/mol. The summed E-state index contributed by atoms with van der Waals surface area (Å²) in [6.45, 7) is 6.77.